The second kappa shape index (κ2) is 5.26. The van der Waals surface area contributed by atoms with Crippen molar-refractivity contribution in [1.29, 1.82) is 0 Å². The molecule has 1 aliphatic heterocycles. The lowest BCUT2D eigenvalue weighted by Gasteiger charge is -2.23. The van der Waals surface area contributed by atoms with Crippen LogP contribution in [-0.2, 0) is 6.54 Å². The quantitative estimate of drug-likeness (QED) is 0.885. The predicted molar refractivity (Wildman–Crippen MR) is 64.8 cm³/mol. The smallest absolute Gasteiger partial charge is 0.0302 e. The van der Waals surface area contributed by atoms with Crippen LogP contribution in [0, 0.1) is 0 Å². The molecule has 2 N–H and O–H groups in total. The van der Waals surface area contributed by atoms with Crippen molar-refractivity contribution in [2.45, 2.75) is 25.4 Å². The number of piperidine rings is 1. The summed E-state index contributed by atoms with van der Waals surface area (Å²) in [6.07, 6.45) is 2.51. The van der Waals surface area contributed by atoms with Gasteiger partial charge in [0, 0.05) is 27.3 Å². The molecule has 0 radical (unpaired) electrons. The van der Waals surface area contributed by atoms with Gasteiger partial charge in [-0.05, 0) is 47.9 Å². The SMILES string of the molecule is Brc1csc(CNC2CCNCC2)c1. The minimum Gasteiger partial charge on any atom is -0.317 e. The first-order valence-corrected chi connectivity index (χ1v) is 6.69. The van der Waals surface area contributed by atoms with Crippen LogP contribution >= 0.6 is 27.3 Å². The highest BCUT2D eigenvalue weighted by Gasteiger charge is 2.11. The second-order valence-electron chi connectivity index (χ2n) is 3.64. The van der Waals surface area contributed by atoms with Gasteiger partial charge in [-0.1, -0.05) is 0 Å². The molecule has 1 aromatic heterocycles. The number of thiophene rings is 1. The number of hydrogen-bond donors (Lipinski definition) is 2. The standard InChI is InChI=1S/C10H15BrN2S/c11-8-5-10(14-7-8)6-13-9-1-3-12-4-2-9/h5,7,9,12-13H,1-4,6H2. The lowest BCUT2D eigenvalue weighted by molar-refractivity contribution is 0.387. The average Bonchev–Trinajstić information content (AvgIpc) is 2.63. The van der Waals surface area contributed by atoms with Crippen molar-refractivity contribution in [1.82, 2.24) is 10.6 Å². The normalized spacial score (nSPS) is 18.6. The van der Waals surface area contributed by atoms with Crippen molar-refractivity contribution >= 4 is 27.3 Å². The molecule has 0 atom stereocenters. The summed E-state index contributed by atoms with van der Waals surface area (Å²) in [5.41, 5.74) is 0. The number of rotatable bonds is 3. The zero-order valence-electron chi connectivity index (χ0n) is 8.05. The Kier molecular flexibility index (Phi) is 3.99. The molecule has 14 heavy (non-hydrogen) atoms. The maximum atomic E-state index is 3.60. The molecule has 0 aromatic carbocycles. The first-order valence-electron chi connectivity index (χ1n) is 5.01. The summed E-state index contributed by atoms with van der Waals surface area (Å²) in [5, 5.41) is 9.11. The van der Waals surface area contributed by atoms with Gasteiger partial charge in [-0.3, -0.25) is 0 Å². The van der Waals surface area contributed by atoms with E-state index in [0.717, 1.165) is 19.6 Å². The molecule has 0 bridgehead atoms. The summed E-state index contributed by atoms with van der Waals surface area (Å²) in [6, 6.07) is 2.90. The fraction of sp³-hybridized carbons (Fsp3) is 0.600. The molecular weight excluding hydrogens is 260 g/mol. The van der Waals surface area contributed by atoms with Crippen LogP contribution < -0.4 is 10.6 Å². The summed E-state index contributed by atoms with van der Waals surface area (Å²) >= 11 is 5.28. The Balaban J connectivity index is 1.76. The number of nitrogens with one attached hydrogen (secondary N) is 2. The largest absolute Gasteiger partial charge is 0.317 e. The average molecular weight is 275 g/mol. The molecule has 0 aliphatic carbocycles. The van der Waals surface area contributed by atoms with E-state index in [1.807, 2.05) is 11.3 Å². The van der Waals surface area contributed by atoms with E-state index in [9.17, 15) is 0 Å². The van der Waals surface area contributed by atoms with Crippen molar-refractivity contribution in [3.63, 3.8) is 0 Å². The van der Waals surface area contributed by atoms with Crippen LogP contribution in [0.2, 0.25) is 0 Å². The molecule has 0 saturated carbocycles. The Hall–Kier alpha value is 0.1000. The Morgan fingerprint density at radius 1 is 1.50 bits per heavy atom. The van der Waals surface area contributed by atoms with E-state index in [1.165, 1.54) is 22.2 Å². The number of hydrogen-bond acceptors (Lipinski definition) is 3. The molecule has 2 nitrogen and oxygen atoms in total. The molecule has 78 valence electrons. The fourth-order valence-corrected chi connectivity index (χ4v) is 3.12. The third-order valence-electron chi connectivity index (χ3n) is 2.53. The topological polar surface area (TPSA) is 24.1 Å². The van der Waals surface area contributed by atoms with Crippen LogP contribution in [0.1, 0.15) is 17.7 Å². The van der Waals surface area contributed by atoms with Gasteiger partial charge in [0.2, 0.25) is 0 Å². The van der Waals surface area contributed by atoms with Gasteiger partial charge in [0.05, 0.1) is 0 Å². The van der Waals surface area contributed by atoms with E-state index < -0.39 is 0 Å². The van der Waals surface area contributed by atoms with Gasteiger partial charge in [0.15, 0.2) is 0 Å². The van der Waals surface area contributed by atoms with E-state index in [1.54, 1.807) is 0 Å². The zero-order valence-corrected chi connectivity index (χ0v) is 10.5. The monoisotopic (exact) mass is 274 g/mol. The van der Waals surface area contributed by atoms with Crippen molar-refractivity contribution < 1.29 is 0 Å². The Morgan fingerprint density at radius 3 is 2.93 bits per heavy atom. The molecule has 1 saturated heterocycles. The van der Waals surface area contributed by atoms with Crippen LogP contribution in [-0.4, -0.2) is 19.1 Å². The first kappa shape index (κ1) is 10.6. The van der Waals surface area contributed by atoms with Gasteiger partial charge in [-0.25, -0.2) is 0 Å². The van der Waals surface area contributed by atoms with Crippen molar-refractivity contribution in [3.8, 4) is 0 Å². The van der Waals surface area contributed by atoms with Crippen LogP contribution in [0.5, 0.6) is 0 Å². The molecule has 0 unspecified atom stereocenters. The van der Waals surface area contributed by atoms with Gasteiger partial charge in [-0.15, -0.1) is 11.3 Å². The van der Waals surface area contributed by atoms with E-state index in [0.29, 0.717) is 6.04 Å². The van der Waals surface area contributed by atoms with Crippen LogP contribution in [0.15, 0.2) is 15.9 Å². The maximum Gasteiger partial charge on any atom is 0.0302 e. The lowest BCUT2D eigenvalue weighted by Crippen LogP contribution is -2.39. The summed E-state index contributed by atoms with van der Waals surface area (Å²) in [6.45, 7) is 3.33. The summed E-state index contributed by atoms with van der Waals surface area (Å²) in [7, 11) is 0. The molecule has 1 aliphatic rings. The third kappa shape index (κ3) is 3.05. The Morgan fingerprint density at radius 2 is 2.29 bits per heavy atom. The Labute approximate surface area is 97.2 Å². The molecule has 4 heteroatoms. The highest BCUT2D eigenvalue weighted by molar-refractivity contribution is 9.10. The van der Waals surface area contributed by atoms with Crippen LogP contribution in [0.4, 0.5) is 0 Å². The summed E-state index contributed by atoms with van der Waals surface area (Å²) in [5.74, 6) is 0. The van der Waals surface area contributed by atoms with Gasteiger partial charge in [0.1, 0.15) is 0 Å². The molecule has 0 spiro atoms. The van der Waals surface area contributed by atoms with Crippen LogP contribution in [0.25, 0.3) is 0 Å². The van der Waals surface area contributed by atoms with Gasteiger partial charge in [-0.2, -0.15) is 0 Å². The second-order valence-corrected chi connectivity index (χ2v) is 5.55. The molecule has 0 amide bonds. The van der Waals surface area contributed by atoms with Gasteiger partial charge >= 0.3 is 0 Å². The lowest BCUT2D eigenvalue weighted by atomic mass is 10.1. The van der Waals surface area contributed by atoms with E-state index in [4.69, 9.17) is 0 Å². The summed E-state index contributed by atoms with van der Waals surface area (Å²) < 4.78 is 1.20. The van der Waals surface area contributed by atoms with E-state index in [2.05, 4.69) is 38.0 Å². The Bertz CT molecular complexity index is 281. The maximum absolute atomic E-state index is 3.60. The fourth-order valence-electron chi connectivity index (χ4n) is 1.72. The molecular formula is C10H15BrN2S. The third-order valence-corrected chi connectivity index (χ3v) is 4.22. The van der Waals surface area contributed by atoms with Crippen molar-refractivity contribution in [2.24, 2.45) is 0 Å². The highest BCUT2D eigenvalue weighted by atomic mass is 79.9. The van der Waals surface area contributed by atoms with Gasteiger partial charge in [0.25, 0.3) is 0 Å². The van der Waals surface area contributed by atoms with Crippen LogP contribution in [0.3, 0.4) is 0 Å². The van der Waals surface area contributed by atoms with E-state index in [-0.39, 0.29) is 0 Å². The molecule has 1 fully saturated rings. The molecule has 1 aromatic rings. The summed E-state index contributed by atoms with van der Waals surface area (Å²) in [4.78, 5) is 1.41. The van der Waals surface area contributed by atoms with Crippen molar-refractivity contribution in [2.75, 3.05) is 13.1 Å². The first-order chi connectivity index (χ1) is 6.84. The van der Waals surface area contributed by atoms with Gasteiger partial charge < -0.3 is 10.6 Å². The predicted octanol–water partition coefficient (Wildman–Crippen LogP) is 2.35. The minimum atomic E-state index is 0.706. The molecule has 2 heterocycles. The molecule has 2 rings (SSSR count). The number of halogens is 1. The zero-order chi connectivity index (χ0) is 9.80. The minimum absolute atomic E-state index is 0.706. The highest BCUT2D eigenvalue weighted by Crippen LogP contribution is 2.19. The van der Waals surface area contributed by atoms with Crippen molar-refractivity contribution in [3.05, 3.63) is 20.8 Å². The van der Waals surface area contributed by atoms with E-state index >= 15 is 0 Å².